The zero-order chi connectivity index (χ0) is 18.9. The Labute approximate surface area is 160 Å². The van der Waals surface area contributed by atoms with Crippen molar-refractivity contribution in [3.8, 4) is 5.75 Å². The third-order valence-corrected chi connectivity index (χ3v) is 6.63. The average Bonchev–Trinajstić information content (AvgIpc) is 2.60. The van der Waals surface area contributed by atoms with Crippen molar-refractivity contribution in [1.82, 2.24) is 4.90 Å². The fourth-order valence-electron chi connectivity index (χ4n) is 3.10. The van der Waals surface area contributed by atoms with Crippen molar-refractivity contribution >= 4 is 8.15 Å². The molecule has 2 nitrogen and oxygen atoms in total. The Balaban J connectivity index is 2.08. The van der Waals surface area contributed by atoms with Crippen LogP contribution in [0.5, 0.6) is 5.75 Å². The average molecular weight is 369 g/mol. The summed E-state index contributed by atoms with van der Waals surface area (Å²) >= 11 is 0. The van der Waals surface area contributed by atoms with E-state index in [0.717, 1.165) is 25.4 Å². The summed E-state index contributed by atoms with van der Waals surface area (Å²) in [6.45, 7) is 15.6. The van der Waals surface area contributed by atoms with Gasteiger partial charge in [-0.15, -0.1) is 6.58 Å². The highest BCUT2D eigenvalue weighted by Gasteiger charge is 2.20. The Morgan fingerprint density at radius 3 is 2.15 bits per heavy atom. The highest BCUT2D eigenvalue weighted by Crippen LogP contribution is 2.47. The van der Waals surface area contributed by atoms with Gasteiger partial charge in [-0.3, -0.25) is 4.90 Å². The molecule has 0 aliphatic carbocycles. The van der Waals surface area contributed by atoms with Crippen LogP contribution in [0.2, 0.25) is 0 Å². The highest BCUT2D eigenvalue weighted by atomic mass is 31.1. The molecule has 0 aromatic heterocycles. The van der Waals surface area contributed by atoms with Gasteiger partial charge in [-0.25, -0.2) is 0 Å². The van der Waals surface area contributed by atoms with Crippen LogP contribution in [0.25, 0.3) is 0 Å². The summed E-state index contributed by atoms with van der Waals surface area (Å²) in [4.78, 5) is 2.40. The fraction of sp³-hybridized carbons (Fsp3) is 0.391. The van der Waals surface area contributed by atoms with Crippen LogP contribution in [-0.2, 0) is 13.1 Å². The molecule has 0 saturated heterocycles. The third-order valence-electron chi connectivity index (χ3n) is 4.17. The topological polar surface area (TPSA) is 12.5 Å². The van der Waals surface area contributed by atoms with Crippen molar-refractivity contribution < 1.29 is 4.52 Å². The lowest BCUT2D eigenvalue weighted by molar-refractivity contribution is 0.286. The van der Waals surface area contributed by atoms with E-state index in [9.17, 15) is 0 Å². The van der Waals surface area contributed by atoms with E-state index in [0.29, 0.717) is 11.3 Å². The molecule has 3 heteroatoms. The van der Waals surface area contributed by atoms with Crippen LogP contribution in [-0.4, -0.2) is 22.8 Å². The minimum atomic E-state index is -0.464. The van der Waals surface area contributed by atoms with E-state index in [4.69, 9.17) is 4.52 Å². The van der Waals surface area contributed by atoms with Crippen LogP contribution in [0.4, 0.5) is 0 Å². The van der Waals surface area contributed by atoms with Gasteiger partial charge in [0.1, 0.15) is 5.75 Å². The van der Waals surface area contributed by atoms with Gasteiger partial charge in [-0.1, -0.05) is 76.2 Å². The van der Waals surface area contributed by atoms with Gasteiger partial charge in [0.05, 0.1) is 8.15 Å². The molecule has 0 radical (unpaired) electrons. The third kappa shape index (κ3) is 6.59. The number of rotatable bonds is 10. The number of hydrogen-bond donors (Lipinski definition) is 0. The van der Waals surface area contributed by atoms with E-state index < -0.39 is 8.15 Å². The largest absolute Gasteiger partial charge is 0.474 e. The normalized spacial score (nSPS) is 11.5. The van der Waals surface area contributed by atoms with Gasteiger partial charge in [0.25, 0.3) is 0 Å². The summed E-state index contributed by atoms with van der Waals surface area (Å²) in [5.41, 5.74) is 3.72. The Hall–Kier alpha value is -1.63. The van der Waals surface area contributed by atoms with Gasteiger partial charge < -0.3 is 4.52 Å². The van der Waals surface area contributed by atoms with E-state index in [-0.39, 0.29) is 0 Å². The fourth-order valence-corrected chi connectivity index (χ4v) is 5.07. The Bertz CT molecular complexity index is 661. The summed E-state index contributed by atoms with van der Waals surface area (Å²) in [5.74, 6) is 0.995. The van der Waals surface area contributed by atoms with Gasteiger partial charge in [0.15, 0.2) is 0 Å². The molecule has 2 rings (SSSR count). The summed E-state index contributed by atoms with van der Waals surface area (Å²) in [6.07, 6.45) is 1.97. The molecule has 2 aromatic carbocycles. The maximum Gasteiger partial charge on any atom is 0.123 e. The molecular formula is C23H32NOP. The van der Waals surface area contributed by atoms with Gasteiger partial charge in [-0.2, -0.15) is 0 Å². The zero-order valence-corrected chi connectivity index (χ0v) is 17.5. The molecule has 0 fully saturated rings. The quantitative estimate of drug-likeness (QED) is 0.352. The van der Waals surface area contributed by atoms with Gasteiger partial charge in [-0.05, 0) is 23.3 Å². The lowest BCUT2D eigenvalue weighted by atomic mass is 10.1. The maximum absolute atomic E-state index is 6.36. The SMILES string of the molecule is C=CCN(Cc1ccccc1)Cc1cccc(OP(C(C)C)C(C)C)c1. The van der Waals surface area contributed by atoms with Gasteiger partial charge in [0, 0.05) is 31.0 Å². The zero-order valence-electron chi connectivity index (χ0n) is 16.6. The first-order valence-electron chi connectivity index (χ1n) is 9.42. The van der Waals surface area contributed by atoms with Crippen molar-refractivity contribution in [2.24, 2.45) is 0 Å². The molecule has 0 amide bonds. The second-order valence-corrected chi connectivity index (χ2v) is 10.2. The highest BCUT2D eigenvalue weighted by molar-refractivity contribution is 7.54. The van der Waals surface area contributed by atoms with Crippen LogP contribution < -0.4 is 4.52 Å². The van der Waals surface area contributed by atoms with Crippen LogP contribution in [0.3, 0.4) is 0 Å². The second kappa shape index (κ2) is 10.5. The van der Waals surface area contributed by atoms with Crippen LogP contribution >= 0.6 is 8.15 Å². The van der Waals surface area contributed by atoms with E-state index in [1.807, 2.05) is 6.08 Å². The number of benzene rings is 2. The molecule has 0 aliphatic rings. The van der Waals surface area contributed by atoms with Crippen LogP contribution in [0.1, 0.15) is 38.8 Å². The van der Waals surface area contributed by atoms with Gasteiger partial charge in [0.2, 0.25) is 0 Å². The minimum Gasteiger partial charge on any atom is -0.474 e. The molecule has 0 aliphatic heterocycles. The molecular weight excluding hydrogens is 337 g/mol. The number of nitrogens with zero attached hydrogens (tertiary/aromatic N) is 1. The second-order valence-electron chi connectivity index (χ2n) is 7.23. The molecule has 0 unspecified atom stereocenters. The first-order chi connectivity index (χ1) is 12.5. The molecule has 0 saturated carbocycles. The maximum atomic E-state index is 6.36. The molecule has 26 heavy (non-hydrogen) atoms. The molecule has 2 aromatic rings. The first kappa shape index (κ1) is 20.7. The van der Waals surface area contributed by atoms with Gasteiger partial charge >= 0.3 is 0 Å². The number of hydrogen-bond acceptors (Lipinski definition) is 2. The minimum absolute atomic E-state index is 0.464. The standard InChI is InChI=1S/C23H32NOP/c1-6-15-24(17-21-11-8-7-9-12-21)18-22-13-10-14-23(16-22)25-26(19(2)3)20(4)5/h6-14,16,19-20H,1,15,17-18H2,2-5H3. The van der Waals surface area contributed by atoms with Crippen LogP contribution in [0.15, 0.2) is 67.3 Å². The summed E-state index contributed by atoms with van der Waals surface area (Å²) < 4.78 is 6.36. The molecule has 0 heterocycles. The van der Waals surface area contributed by atoms with Crippen molar-refractivity contribution in [3.05, 3.63) is 78.4 Å². The Kier molecular flexibility index (Phi) is 8.35. The van der Waals surface area contributed by atoms with Crippen molar-refractivity contribution in [2.45, 2.75) is 52.1 Å². The monoisotopic (exact) mass is 369 g/mol. The first-order valence-corrected chi connectivity index (χ1v) is 10.8. The molecule has 0 bridgehead atoms. The summed E-state index contributed by atoms with van der Waals surface area (Å²) in [7, 11) is -0.464. The smallest absolute Gasteiger partial charge is 0.123 e. The van der Waals surface area contributed by atoms with E-state index in [1.165, 1.54) is 11.1 Å². The summed E-state index contributed by atoms with van der Waals surface area (Å²) in [6, 6.07) is 19.2. The predicted molar refractivity (Wildman–Crippen MR) is 115 cm³/mol. The van der Waals surface area contributed by atoms with E-state index >= 15 is 0 Å². The van der Waals surface area contributed by atoms with Crippen molar-refractivity contribution in [1.29, 1.82) is 0 Å². The van der Waals surface area contributed by atoms with Crippen molar-refractivity contribution in [2.75, 3.05) is 6.54 Å². The molecule has 0 spiro atoms. The Morgan fingerprint density at radius 2 is 1.54 bits per heavy atom. The van der Waals surface area contributed by atoms with E-state index in [2.05, 4.69) is 93.8 Å². The van der Waals surface area contributed by atoms with Crippen LogP contribution in [0, 0.1) is 0 Å². The lowest BCUT2D eigenvalue weighted by Crippen LogP contribution is -2.22. The molecule has 0 atom stereocenters. The van der Waals surface area contributed by atoms with E-state index in [1.54, 1.807) is 0 Å². The molecule has 140 valence electrons. The molecule has 0 N–H and O–H groups in total. The lowest BCUT2D eigenvalue weighted by Gasteiger charge is -2.26. The summed E-state index contributed by atoms with van der Waals surface area (Å²) in [5, 5.41) is 0. The Morgan fingerprint density at radius 1 is 0.923 bits per heavy atom. The predicted octanol–water partition coefficient (Wildman–Crippen LogP) is 6.47. The van der Waals surface area contributed by atoms with Crippen molar-refractivity contribution in [3.63, 3.8) is 0 Å².